The summed E-state index contributed by atoms with van der Waals surface area (Å²) in [6.45, 7) is 2.08. The highest BCUT2D eigenvalue weighted by Gasteiger charge is 2.03. The van der Waals surface area contributed by atoms with Gasteiger partial charge in [0.15, 0.2) is 5.82 Å². The van der Waals surface area contributed by atoms with E-state index >= 15 is 0 Å². The van der Waals surface area contributed by atoms with Gasteiger partial charge in [-0.25, -0.2) is 9.97 Å². The molecule has 0 unspecified atom stereocenters. The lowest BCUT2D eigenvalue weighted by Gasteiger charge is -2.04. The Balaban J connectivity index is 2.03. The molecule has 3 aromatic rings. The predicted molar refractivity (Wildman–Crippen MR) is 77.6 cm³/mol. The standard InChI is InChI=1S/C17H14N2/c1-13-7-9-14(10-8-13)16-11-12-18-17(19-16)15-5-3-2-4-6-15/h2-12H,1H3. The van der Waals surface area contributed by atoms with E-state index in [2.05, 4.69) is 41.2 Å². The van der Waals surface area contributed by atoms with E-state index in [1.165, 1.54) is 5.56 Å². The van der Waals surface area contributed by atoms with Gasteiger partial charge in [0.25, 0.3) is 0 Å². The first-order chi connectivity index (χ1) is 9.33. The molecular weight excluding hydrogens is 232 g/mol. The van der Waals surface area contributed by atoms with Crippen LogP contribution in [0.1, 0.15) is 5.56 Å². The van der Waals surface area contributed by atoms with E-state index in [4.69, 9.17) is 0 Å². The minimum absolute atomic E-state index is 0.763. The Labute approximate surface area is 112 Å². The van der Waals surface area contributed by atoms with Crippen LogP contribution in [0.3, 0.4) is 0 Å². The molecule has 0 N–H and O–H groups in total. The summed E-state index contributed by atoms with van der Waals surface area (Å²) in [6.07, 6.45) is 1.81. The van der Waals surface area contributed by atoms with Crippen molar-refractivity contribution in [1.82, 2.24) is 9.97 Å². The predicted octanol–water partition coefficient (Wildman–Crippen LogP) is 4.12. The Morgan fingerprint density at radius 2 is 1.47 bits per heavy atom. The number of nitrogens with zero attached hydrogens (tertiary/aromatic N) is 2. The maximum atomic E-state index is 4.63. The fraction of sp³-hybridized carbons (Fsp3) is 0.0588. The zero-order valence-corrected chi connectivity index (χ0v) is 10.7. The smallest absolute Gasteiger partial charge is 0.159 e. The van der Waals surface area contributed by atoms with Crippen LogP contribution < -0.4 is 0 Å². The Kier molecular flexibility index (Phi) is 3.07. The highest BCUT2D eigenvalue weighted by atomic mass is 14.9. The molecule has 0 aliphatic rings. The summed E-state index contributed by atoms with van der Waals surface area (Å²) in [7, 11) is 0. The third-order valence-electron chi connectivity index (χ3n) is 3.03. The molecule has 0 aliphatic carbocycles. The molecule has 3 rings (SSSR count). The zero-order valence-electron chi connectivity index (χ0n) is 10.7. The van der Waals surface area contributed by atoms with Gasteiger partial charge in [0, 0.05) is 17.3 Å². The van der Waals surface area contributed by atoms with E-state index in [0.717, 1.165) is 22.6 Å². The van der Waals surface area contributed by atoms with Gasteiger partial charge in [-0.15, -0.1) is 0 Å². The maximum Gasteiger partial charge on any atom is 0.159 e. The van der Waals surface area contributed by atoms with Crippen LogP contribution in [0.5, 0.6) is 0 Å². The van der Waals surface area contributed by atoms with Crippen molar-refractivity contribution in [2.75, 3.05) is 0 Å². The Morgan fingerprint density at radius 3 is 2.21 bits per heavy atom. The molecule has 0 aliphatic heterocycles. The van der Waals surface area contributed by atoms with Crippen LogP contribution in [-0.2, 0) is 0 Å². The molecule has 2 nitrogen and oxygen atoms in total. The minimum atomic E-state index is 0.763. The number of hydrogen-bond donors (Lipinski definition) is 0. The van der Waals surface area contributed by atoms with E-state index in [1.807, 2.05) is 42.6 Å². The van der Waals surface area contributed by atoms with E-state index in [9.17, 15) is 0 Å². The lowest BCUT2D eigenvalue weighted by atomic mass is 10.1. The average molecular weight is 246 g/mol. The fourth-order valence-electron chi connectivity index (χ4n) is 1.97. The van der Waals surface area contributed by atoms with Gasteiger partial charge in [-0.05, 0) is 13.0 Å². The van der Waals surface area contributed by atoms with E-state index in [-0.39, 0.29) is 0 Å². The first-order valence-electron chi connectivity index (χ1n) is 6.28. The van der Waals surface area contributed by atoms with Crippen LogP contribution in [0.4, 0.5) is 0 Å². The van der Waals surface area contributed by atoms with Crippen LogP contribution in [0, 0.1) is 6.92 Å². The van der Waals surface area contributed by atoms with Crippen LogP contribution in [0.25, 0.3) is 22.6 Å². The summed E-state index contributed by atoms with van der Waals surface area (Å²) in [5.74, 6) is 0.763. The Morgan fingerprint density at radius 1 is 0.737 bits per heavy atom. The summed E-state index contributed by atoms with van der Waals surface area (Å²) in [4.78, 5) is 8.97. The quantitative estimate of drug-likeness (QED) is 0.679. The van der Waals surface area contributed by atoms with Crippen molar-refractivity contribution in [1.29, 1.82) is 0 Å². The molecule has 92 valence electrons. The van der Waals surface area contributed by atoms with E-state index in [0.29, 0.717) is 0 Å². The summed E-state index contributed by atoms with van der Waals surface area (Å²) < 4.78 is 0. The van der Waals surface area contributed by atoms with Gasteiger partial charge in [-0.1, -0.05) is 60.2 Å². The first kappa shape index (κ1) is 11.6. The highest BCUT2D eigenvalue weighted by Crippen LogP contribution is 2.20. The average Bonchev–Trinajstić information content (AvgIpc) is 2.49. The van der Waals surface area contributed by atoms with Crippen LogP contribution in [0.2, 0.25) is 0 Å². The molecule has 0 radical (unpaired) electrons. The summed E-state index contributed by atoms with van der Waals surface area (Å²) >= 11 is 0. The molecule has 0 saturated carbocycles. The summed E-state index contributed by atoms with van der Waals surface area (Å²) in [5.41, 5.74) is 4.36. The van der Waals surface area contributed by atoms with Crippen LogP contribution in [0.15, 0.2) is 66.9 Å². The van der Waals surface area contributed by atoms with Crippen molar-refractivity contribution in [2.24, 2.45) is 0 Å². The topological polar surface area (TPSA) is 25.8 Å². The Bertz CT molecular complexity index is 673. The lowest BCUT2D eigenvalue weighted by Crippen LogP contribution is -1.91. The molecule has 0 saturated heterocycles. The van der Waals surface area contributed by atoms with Crippen molar-refractivity contribution >= 4 is 0 Å². The Hall–Kier alpha value is -2.48. The van der Waals surface area contributed by atoms with Crippen molar-refractivity contribution < 1.29 is 0 Å². The number of benzene rings is 2. The minimum Gasteiger partial charge on any atom is -0.237 e. The molecule has 2 heteroatoms. The monoisotopic (exact) mass is 246 g/mol. The van der Waals surface area contributed by atoms with Gasteiger partial charge in [0.1, 0.15) is 0 Å². The van der Waals surface area contributed by atoms with E-state index in [1.54, 1.807) is 0 Å². The van der Waals surface area contributed by atoms with Gasteiger partial charge in [-0.2, -0.15) is 0 Å². The zero-order chi connectivity index (χ0) is 13.1. The van der Waals surface area contributed by atoms with Crippen LogP contribution in [-0.4, -0.2) is 9.97 Å². The number of rotatable bonds is 2. The molecule has 1 heterocycles. The number of hydrogen-bond acceptors (Lipinski definition) is 2. The third-order valence-corrected chi connectivity index (χ3v) is 3.03. The van der Waals surface area contributed by atoms with Gasteiger partial charge >= 0.3 is 0 Å². The SMILES string of the molecule is Cc1ccc(-c2ccnc(-c3ccccc3)n2)cc1. The second-order valence-electron chi connectivity index (χ2n) is 4.50. The van der Waals surface area contributed by atoms with Crippen molar-refractivity contribution in [3.05, 3.63) is 72.4 Å². The van der Waals surface area contributed by atoms with Gasteiger partial charge < -0.3 is 0 Å². The first-order valence-corrected chi connectivity index (χ1v) is 6.28. The third kappa shape index (κ3) is 2.52. The second kappa shape index (κ2) is 5.02. The molecule has 0 fully saturated rings. The fourth-order valence-corrected chi connectivity index (χ4v) is 1.97. The van der Waals surface area contributed by atoms with E-state index < -0.39 is 0 Å². The summed E-state index contributed by atoms with van der Waals surface area (Å²) in [6, 6.07) is 20.3. The normalized spacial score (nSPS) is 10.4. The molecule has 1 aromatic heterocycles. The molecule has 0 amide bonds. The number of aryl methyl sites for hydroxylation is 1. The number of aromatic nitrogens is 2. The second-order valence-corrected chi connectivity index (χ2v) is 4.50. The largest absolute Gasteiger partial charge is 0.237 e. The van der Waals surface area contributed by atoms with Gasteiger partial charge in [-0.3, -0.25) is 0 Å². The highest BCUT2D eigenvalue weighted by molar-refractivity contribution is 5.63. The van der Waals surface area contributed by atoms with Crippen molar-refractivity contribution in [3.8, 4) is 22.6 Å². The molecule has 19 heavy (non-hydrogen) atoms. The molecule has 0 bridgehead atoms. The summed E-state index contributed by atoms with van der Waals surface area (Å²) in [5, 5.41) is 0. The molecule has 2 aromatic carbocycles. The van der Waals surface area contributed by atoms with Gasteiger partial charge in [0.2, 0.25) is 0 Å². The van der Waals surface area contributed by atoms with Crippen molar-refractivity contribution in [3.63, 3.8) is 0 Å². The molecule has 0 spiro atoms. The molecule has 0 atom stereocenters. The maximum absolute atomic E-state index is 4.63. The lowest BCUT2D eigenvalue weighted by molar-refractivity contribution is 1.18. The van der Waals surface area contributed by atoms with Gasteiger partial charge in [0.05, 0.1) is 5.69 Å². The van der Waals surface area contributed by atoms with Crippen LogP contribution >= 0.6 is 0 Å². The van der Waals surface area contributed by atoms with Crippen molar-refractivity contribution in [2.45, 2.75) is 6.92 Å². The molecular formula is C17H14N2.